The van der Waals surface area contributed by atoms with Gasteiger partial charge in [-0.25, -0.2) is 14.1 Å². The van der Waals surface area contributed by atoms with Gasteiger partial charge in [-0.3, -0.25) is 0 Å². The predicted molar refractivity (Wildman–Crippen MR) is 82.3 cm³/mol. The summed E-state index contributed by atoms with van der Waals surface area (Å²) < 4.78 is 4.52. The second-order valence-corrected chi connectivity index (χ2v) is 5.18. The van der Waals surface area contributed by atoms with Crippen LogP contribution in [0, 0.1) is 6.92 Å². The Morgan fingerprint density at radius 2 is 1.95 bits per heavy atom. The molecule has 0 aliphatic heterocycles. The van der Waals surface area contributed by atoms with Crippen molar-refractivity contribution < 1.29 is 4.57 Å². The number of aromatic nitrogens is 4. The fourth-order valence-corrected chi connectivity index (χ4v) is 2.11. The molecular weight excluding hydrogens is 248 g/mol. The molecule has 0 unspecified atom stereocenters. The molecule has 1 N–H and O–H groups in total. The van der Waals surface area contributed by atoms with E-state index in [0.29, 0.717) is 0 Å². The van der Waals surface area contributed by atoms with Crippen LogP contribution >= 0.6 is 0 Å². The molecule has 0 amide bonds. The van der Waals surface area contributed by atoms with Crippen LogP contribution in [0.1, 0.15) is 51.3 Å². The Morgan fingerprint density at radius 1 is 1.20 bits per heavy atom. The molecule has 0 fully saturated rings. The Kier molecular flexibility index (Phi) is 8.43. The Balaban J connectivity index is 0.000000333. The zero-order valence-electron chi connectivity index (χ0n) is 13.2. The molecule has 20 heavy (non-hydrogen) atoms. The van der Waals surface area contributed by atoms with Gasteiger partial charge in [-0.15, -0.1) is 0 Å². The first-order valence-corrected chi connectivity index (χ1v) is 7.69. The van der Waals surface area contributed by atoms with E-state index in [0.717, 1.165) is 0 Å². The van der Waals surface area contributed by atoms with Crippen LogP contribution in [0.15, 0.2) is 31.1 Å². The highest BCUT2D eigenvalue weighted by Crippen LogP contribution is 2.06. The minimum Gasteiger partial charge on any atom is -0.351 e. The van der Waals surface area contributed by atoms with Crippen molar-refractivity contribution in [2.75, 3.05) is 0 Å². The fraction of sp³-hybridized carbons (Fsp3) is 0.625. The molecule has 112 valence electrons. The van der Waals surface area contributed by atoms with Crippen molar-refractivity contribution in [2.45, 2.75) is 58.9 Å². The van der Waals surface area contributed by atoms with Crippen LogP contribution in [0.4, 0.5) is 0 Å². The van der Waals surface area contributed by atoms with Crippen LogP contribution in [0.3, 0.4) is 0 Å². The second-order valence-electron chi connectivity index (χ2n) is 5.18. The first-order chi connectivity index (χ1) is 9.75. The predicted octanol–water partition coefficient (Wildman–Crippen LogP) is 3.39. The number of aryl methyl sites for hydroxylation is 2. The molecule has 0 aromatic carbocycles. The first kappa shape index (κ1) is 16.5. The van der Waals surface area contributed by atoms with Crippen LogP contribution in [-0.2, 0) is 13.6 Å². The van der Waals surface area contributed by atoms with Crippen molar-refractivity contribution in [3.63, 3.8) is 0 Å². The van der Waals surface area contributed by atoms with E-state index >= 15 is 0 Å². The lowest BCUT2D eigenvalue weighted by molar-refractivity contribution is -0.677. The van der Waals surface area contributed by atoms with Gasteiger partial charge in [0.1, 0.15) is 12.4 Å². The van der Waals surface area contributed by atoms with Crippen LogP contribution in [0.5, 0.6) is 0 Å². The van der Waals surface area contributed by atoms with Crippen molar-refractivity contribution in [3.05, 3.63) is 36.9 Å². The number of hydrogen-bond acceptors (Lipinski definition) is 1. The van der Waals surface area contributed by atoms with Gasteiger partial charge in [0.2, 0.25) is 0 Å². The van der Waals surface area contributed by atoms with Crippen LogP contribution < -0.4 is 4.57 Å². The second kappa shape index (κ2) is 10.2. The minimum absolute atomic E-state index is 1.18. The minimum atomic E-state index is 1.18. The summed E-state index contributed by atoms with van der Waals surface area (Å²) in [4.78, 5) is 6.42. The number of imidazole rings is 2. The van der Waals surface area contributed by atoms with Gasteiger partial charge >= 0.3 is 0 Å². The Hall–Kier alpha value is -1.58. The average molecular weight is 277 g/mol. The summed E-state index contributed by atoms with van der Waals surface area (Å²) in [6.45, 7) is 5.62. The lowest BCUT2D eigenvalue weighted by atomic mass is 10.1. The Morgan fingerprint density at radius 3 is 2.45 bits per heavy atom. The number of H-pyrrole nitrogens is 1. The lowest BCUT2D eigenvalue weighted by Crippen LogP contribution is -2.29. The van der Waals surface area contributed by atoms with E-state index in [1.807, 2.05) is 0 Å². The summed E-state index contributed by atoms with van der Waals surface area (Å²) in [6, 6.07) is 0. The highest BCUT2D eigenvalue weighted by Gasteiger charge is 2.07. The first-order valence-electron chi connectivity index (χ1n) is 7.69. The molecule has 0 aliphatic rings. The average Bonchev–Trinajstić information content (AvgIpc) is 3.11. The molecule has 0 radical (unpaired) electrons. The van der Waals surface area contributed by atoms with Crippen LogP contribution in [0.2, 0.25) is 0 Å². The largest absolute Gasteiger partial charge is 0.351 e. The smallest absolute Gasteiger partial charge is 0.253 e. The highest BCUT2D eigenvalue weighted by atomic mass is 15.1. The molecule has 0 saturated heterocycles. The summed E-state index contributed by atoms with van der Waals surface area (Å²) in [6.07, 6.45) is 17.6. The third-order valence-corrected chi connectivity index (χ3v) is 3.55. The summed E-state index contributed by atoms with van der Waals surface area (Å²) in [7, 11) is 2.10. The van der Waals surface area contributed by atoms with Crippen molar-refractivity contribution in [1.82, 2.24) is 14.5 Å². The van der Waals surface area contributed by atoms with Crippen molar-refractivity contribution in [1.29, 1.82) is 0 Å². The Bertz CT molecular complexity index is 414. The number of aromatic amines is 1. The number of nitrogens with zero attached hydrogens (tertiary/aromatic N) is 3. The quantitative estimate of drug-likeness (QED) is 0.611. The summed E-state index contributed by atoms with van der Waals surface area (Å²) >= 11 is 0. The molecule has 2 heterocycles. The molecular formula is C16H29N4+. The molecule has 2 rings (SSSR count). The number of hydrogen-bond donors (Lipinski definition) is 1. The molecule has 2 aromatic heterocycles. The Labute approximate surface area is 122 Å². The van der Waals surface area contributed by atoms with E-state index in [1.165, 1.54) is 50.9 Å². The number of nitrogens with one attached hydrogen (secondary N) is 1. The van der Waals surface area contributed by atoms with Gasteiger partial charge in [0, 0.05) is 19.3 Å². The van der Waals surface area contributed by atoms with Crippen LogP contribution in [-0.4, -0.2) is 14.5 Å². The lowest BCUT2D eigenvalue weighted by Gasteiger charge is -2.00. The van der Waals surface area contributed by atoms with E-state index in [9.17, 15) is 0 Å². The standard InChI is InChI=1S/C13H25N2.C3H4N2/c1-4-5-6-7-8-9-10-15-12-11-14(3)13(15)2;1-2-5-3-4-1/h11-12H,4-10H2,1-3H3;1-3H,(H,4,5)/q+1;. The van der Waals surface area contributed by atoms with Crippen molar-refractivity contribution in [3.8, 4) is 0 Å². The molecule has 0 atom stereocenters. The van der Waals surface area contributed by atoms with Gasteiger partial charge in [-0.1, -0.05) is 32.6 Å². The molecule has 0 spiro atoms. The van der Waals surface area contributed by atoms with Gasteiger partial charge < -0.3 is 4.98 Å². The van der Waals surface area contributed by atoms with Crippen molar-refractivity contribution >= 4 is 0 Å². The zero-order valence-corrected chi connectivity index (χ0v) is 13.2. The number of rotatable bonds is 7. The molecule has 4 nitrogen and oxygen atoms in total. The van der Waals surface area contributed by atoms with Crippen LogP contribution in [0.25, 0.3) is 0 Å². The third kappa shape index (κ3) is 6.55. The monoisotopic (exact) mass is 277 g/mol. The van der Waals surface area contributed by atoms with Crippen molar-refractivity contribution in [2.24, 2.45) is 7.05 Å². The summed E-state index contributed by atoms with van der Waals surface area (Å²) in [5.74, 6) is 1.35. The van der Waals surface area contributed by atoms with Gasteiger partial charge in [-0.05, 0) is 12.8 Å². The zero-order chi connectivity index (χ0) is 14.6. The number of unbranched alkanes of at least 4 members (excludes halogenated alkanes) is 5. The molecule has 0 bridgehead atoms. The van der Waals surface area contributed by atoms with Gasteiger partial charge in [0.25, 0.3) is 5.82 Å². The molecule has 0 aliphatic carbocycles. The van der Waals surface area contributed by atoms with E-state index in [-0.39, 0.29) is 0 Å². The maximum Gasteiger partial charge on any atom is 0.253 e. The molecule has 4 heteroatoms. The topological polar surface area (TPSA) is 37.5 Å². The summed E-state index contributed by atoms with van der Waals surface area (Å²) in [5, 5.41) is 0. The van der Waals surface area contributed by atoms with E-state index in [1.54, 1.807) is 18.7 Å². The van der Waals surface area contributed by atoms with Gasteiger partial charge in [0.05, 0.1) is 19.9 Å². The normalized spacial score (nSPS) is 10.2. The highest BCUT2D eigenvalue weighted by molar-refractivity contribution is 4.78. The molecule has 2 aromatic rings. The van der Waals surface area contributed by atoms with Gasteiger partial charge in [0.15, 0.2) is 0 Å². The summed E-state index contributed by atoms with van der Waals surface area (Å²) in [5.41, 5.74) is 0. The molecule has 0 saturated carbocycles. The maximum absolute atomic E-state index is 3.67. The van der Waals surface area contributed by atoms with Gasteiger partial charge in [-0.2, -0.15) is 0 Å². The van der Waals surface area contributed by atoms with E-state index < -0.39 is 0 Å². The maximum atomic E-state index is 3.67. The van der Waals surface area contributed by atoms with E-state index in [4.69, 9.17) is 0 Å². The SMILES string of the molecule is CCCCCCCCn1cc[n+](C)c1C.c1c[nH]cn1. The fourth-order valence-electron chi connectivity index (χ4n) is 2.11. The van der Waals surface area contributed by atoms with E-state index in [2.05, 4.69) is 52.4 Å². The third-order valence-electron chi connectivity index (χ3n) is 3.55.